The fraction of sp³-hybridized carbons (Fsp3) is 0.810. The van der Waals surface area contributed by atoms with Gasteiger partial charge in [-0.3, -0.25) is 9.59 Å². The zero-order valence-electron chi connectivity index (χ0n) is 31.5. The van der Waals surface area contributed by atoms with Crippen molar-refractivity contribution in [2.75, 3.05) is 0 Å². The van der Waals surface area contributed by atoms with Gasteiger partial charge in [-0.25, -0.2) is 0 Å². The van der Waals surface area contributed by atoms with Crippen LogP contribution in [0.5, 0.6) is 0 Å². The predicted molar refractivity (Wildman–Crippen MR) is 205 cm³/mol. The smallest absolute Gasteiger partial charge is 0.264 e. The lowest BCUT2D eigenvalue weighted by atomic mass is 10.0. The Hall–Kier alpha value is -2.24. The molecule has 0 amide bonds. The normalized spacial score (nSPS) is 11.9. The van der Waals surface area contributed by atoms with E-state index in [1.165, 1.54) is 167 Å². The topological polar surface area (TPSA) is 52.8 Å². The average molecular weight is 667 g/mol. The summed E-state index contributed by atoms with van der Waals surface area (Å²) in [4.78, 5) is 30.0. The standard InChI is InChI=1S/C42H74N4O2/c1-3-5-7-9-11-13-15-17-19-21-23-25-27-29-31-33-41(47)45-43-39-35-36-40(38-37-39)44(45)46(43)42(48)34-32-30-28-26-24-22-20-18-16-14-12-10-8-6-4-2/h35-38H,3-34H2,1-2H3. The molecule has 0 atom stereocenters. The Morgan fingerprint density at radius 1 is 0.354 bits per heavy atom. The highest BCUT2D eigenvalue weighted by atomic mass is 16.2. The second-order valence-electron chi connectivity index (χ2n) is 14.9. The maximum Gasteiger partial charge on any atom is 0.264 e. The van der Waals surface area contributed by atoms with Gasteiger partial charge in [-0.15, -0.1) is 18.9 Å². The molecule has 6 heteroatoms. The summed E-state index contributed by atoms with van der Waals surface area (Å²) in [5.41, 5.74) is 1.75. The third-order valence-electron chi connectivity index (χ3n) is 10.5. The van der Waals surface area contributed by atoms with Crippen LogP contribution in [0.2, 0.25) is 0 Å². The van der Waals surface area contributed by atoms with Gasteiger partial charge in [0.05, 0.1) is 11.0 Å². The van der Waals surface area contributed by atoms with Crippen LogP contribution in [0, 0.1) is 0 Å². The third-order valence-corrected chi connectivity index (χ3v) is 10.5. The van der Waals surface area contributed by atoms with E-state index in [-0.39, 0.29) is 11.8 Å². The summed E-state index contributed by atoms with van der Waals surface area (Å²) in [6, 6.07) is 8.02. The van der Waals surface area contributed by atoms with E-state index in [4.69, 9.17) is 0 Å². The van der Waals surface area contributed by atoms with Crippen molar-refractivity contribution in [3.8, 4) is 0 Å². The number of carbonyl (C=O) groups is 2. The molecular formula is C42H74N4O2. The van der Waals surface area contributed by atoms with Crippen molar-refractivity contribution in [1.82, 2.24) is 18.9 Å². The quantitative estimate of drug-likeness (QED) is 0.0623. The molecule has 0 spiro atoms. The molecule has 0 saturated carbocycles. The molecule has 48 heavy (non-hydrogen) atoms. The Bertz CT molecular complexity index is 1100. The summed E-state index contributed by atoms with van der Waals surface area (Å²) in [6.07, 6.45) is 40.6. The summed E-state index contributed by atoms with van der Waals surface area (Å²) in [6.45, 7) is 4.57. The Morgan fingerprint density at radius 3 is 0.792 bits per heavy atom. The van der Waals surface area contributed by atoms with E-state index < -0.39 is 0 Å². The van der Waals surface area contributed by atoms with Gasteiger partial charge in [0.1, 0.15) is 0 Å². The molecule has 0 radical (unpaired) electrons. The summed E-state index contributed by atoms with van der Waals surface area (Å²) < 4.78 is 3.57. The number of benzene rings is 1. The van der Waals surface area contributed by atoms with Gasteiger partial charge in [0.2, 0.25) is 0 Å². The van der Waals surface area contributed by atoms with Crippen molar-refractivity contribution in [2.45, 2.75) is 219 Å². The van der Waals surface area contributed by atoms with Crippen LogP contribution in [-0.4, -0.2) is 30.7 Å². The lowest BCUT2D eigenvalue weighted by molar-refractivity contribution is 0.0640. The van der Waals surface area contributed by atoms with Gasteiger partial charge in [-0.2, -0.15) is 0 Å². The Balaban J connectivity index is 1.25. The van der Waals surface area contributed by atoms with Crippen LogP contribution in [0.1, 0.15) is 229 Å². The van der Waals surface area contributed by atoms with Crippen LogP contribution >= 0.6 is 0 Å². The van der Waals surface area contributed by atoms with Crippen LogP contribution in [0.25, 0.3) is 11.0 Å². The second-order valence-corrected chi connectivity index (χ2v) is 14.9. The molecule has 274 valence electrons. The minimum absolute atomic E-state index is 0.0723. The molecule has 4 bridgehead atoms. The molecule has 6 rings (SSSR count). The number of aromatic nitrogens is 4. The summed E-state index contributed by atoms with van der Waals surface area (Å²) in [7, 11) is 0. The summed E-state index contributed by atoms with van der Waals surface area (Å²) in [5, 5.41) is 0. The van der Waals surface area contributed by atoms with Crippen LogP contribution < -0.4 is 0 Å². The van der Waals surface area contributed by atoms with Crippen LogP contribution in [0.3, 0.4) is 0 Å². The first kappa shape index (κ1) is 40.2. The molecule has 1 aromatic carbocycles. The highest BCUT2D eigenvalue weighted by Crippen LogP contribution is 2.19. The average Bonchev–Trinajstić information content (AvgIpc) is 3.49. The third kappa shape index (κ3) is 14.7. The van der Waals surface area contributed by atoms with E-state index >= 15 is 0 Å². The SMILES string of the molecule is CCCCCCCCCCCCCCCCCC(=O)n1n2c3ccc(cc3)n1n2C(=O)CCCCCCCCCCCCCCCCC. The second kappa shape index (κ2) is 25.7. The van der Waals surface area contributed by atoms with Crippen molar-refractivity contribution < 1.29 is 9.59 Å². The first-order chi connectivity index (χ1) is 23.7. The molecule has 5 aromatic heterocycles. The van der Waals surface area contributed by atoms with Crippen molar-refractivity contribution >= 4 is 22.8 Å². The van der Waals surface area contributed by atoms with Crippen molar-refractivity contribution in [3.05, 3.63) is 24.3 Å². The molecule has 0 aliphatic heterocycles. The predicted octanol–water partition coefficient (Wildman–Crippen LogP) is 13.6. The number of hydrogen-bond donors (Lipinski definition) is 0. The molecule has 6 aromatic rings. The van der Waals surface area contributed by atoms with Crippen molar-refractivity contribution in [3.63, 3.8) is 0 Å². The monoisotopic (exact) mass is 667 g/mol. The van der Waals surface area contributed by atoms with Gasteiger partial charge < -0.3 is 0 Å². The number of unbranched alkanes of at least 4 members (excludes halogenated alkanes) is 28. The van der Waals surface area contributed by atoms with Crippen molar-refractivity contribution in [2.24, 2.45) is 0 Å². The lowest BCUT2D eigenvalue weighted by Gasteiger charge is -2.24. The number of carbonyl (C=O) groups excluding carboxylic acids is 2. The molecule has 0 aliphatic carbocycles. The number of rotatable bonds is 32. The zero-order valence-corrected chi connectivity index (χ0v) is 31.5. The molecule has 5 heterocycles. The van der Waals surface area contributed by atoms with E-state index in [1.54, 1.807) is 18.9 Å². The fourth-order valence-electron chi connectivity index (χ4n) is 7.36. The maximum atomic E-state index is 13.3. The van der Waals surface area contributed by atoms with Crippen molar-refractivity contribution in [1.29, 1.82) is 0 Å². The minimum Gasteiger partial charge on any atom is -0.271 e. The highest BCUT2D eigenvalue weighted by molar-refractivity contribution is 5.83. The lowest BCUT2D eigenvalue weighted by Crippen LogP contribution is -2.44. The molecule has 0 N–H and O–H groups in total. The van der Waals surface area contributed by atoms with Gasteiger partial charge in [0.25, 0.3) is 11.8 Å². The highest BCUT2D eigenvalue weighted by Gasteiger charge is 2.24. The Labute approximate surface area is 294 Å². The number of hydrogen-bond acceptors (Lipinski definition) is 2. The Morgan fingerprint density at radius 2 is 0.562 bits per heavy atom. The summed E-state index contributed by atoms with van der Waals surface area (Å²) >= 11 is 0. The van der Waals surface area contributed by atoms with Crippen LogP contribution in [0.4, 0.5) is 0 Å². The molecule has 0 fully saturated rings. The van der Waals surface area contributed by atoms with Crippen LogP contribution in [0.15, 0.2) is 24.3 Å². The fourth-order valence-corrected chi connectivity index (χ4v) is 7.36. The van der Waals surface area contributed by atoms with E-state index in [2.05, 4.69) is 13.8 Å². The van der Waals surface area contributed by atoms with Crippen LogP contribution in [-0.2, 0) is 0 Å². The zero-order chi connectivity index (χ0) is 34.1. The first-order valence-corrected chi connectivity index (χ1v) is 21.0. The van der Waals surface area contributed by atoms with Gasteiger partial charge >= 0.3 is 0 Å². The first-order valence-electron chi connectivity index (χ1n) is 21.0. The van der Waals surface area contributed by atoms with Gasteiger partial charge in [-0.05, 0) is 37.1 Å². The van der Waals surface area contributed by atoms with E-state index in [0.717, 1.165) is 36.7 Å². The molecule has 0 aliphatic rings. The minimum atomic E-state index is 0.0723. The molecule has 0 unspecified atom stereocenters. The van der Waals surface area contributed by atoms with E-state index in [9.17, 15) is 9.59 Å². The van der Waals surface area contributed by atoms with Gasteiger partial charge in [0, 0.05) is 12.8 Å². The van der Waals surface area contributed by atoms with Gasteiger partial charge in [0.15, 0.2) is 0 Å². The van der Waals surface area contributed by atoms with E-state index in [0.29, 0.717) is 12.8 Å². The van der Waals surface area contributed by atoms with E-state index in [1.807, 2.05) is 24.3 Å². The molecular weight excluding hydrogens is 592 g/mol. The molecule has 6 nitrogen and oxygen atoms in total. The largest absolute Gasteiger partial charge is 0.271 e. The Kier molecular flexibility index (Phi) is 21.5. The maximum absolute atomic E-state index is 13.3. The molecule has 0 saturated heterocycles. The summed E-state index contributed by atoms with van der Waals surface area (Å²) in [5.74, 6) is 0.145. The van der Waals surface area contributed by atoms with Gasteiger partial charge in [-0.1, -0.05) is 194 Å². The number of nitrogens with zero attached hydrogens (tertiary/aromatic N) is 4.